The maximum atomic E-state index is 13.2. The Kier molecular flexibility index (Phi) is 12.4. The molecule has 2 aliphatic rings. The molecule has 5 rings (SSSR count). The summed E-state index contributed by atoms with van der Waals surface area (Å²) in [5.41, 5.74) is 2.09. The van der Waals surface area contributed by atoms with E-state index in [0.29, 0.717) is 59.5 Å². The summed E-state index contributed by atoms with van der Waals surface area (Å²) in [7, 11) is 2.17. The van der Waals surface area contributed by atoms with E-state index >= 15 is 0 Å². The van der Waals surface area contributed by atoms with Crippen LogP contribution in [0.25, 0.3) is 15.7 Å². The van der Waals surface area contributed by atoms with E-state index in [0.717, 1.165) is 37.0 Å². The van der Waals surface area contributed by atoms with Crippen LogP contribution in [0.5, 0.6) is 5.75 Å². The van der Waals surface area contributed by atoms with Gasteiger partial charge in [-0.1, -0.05) is 30.8 Å². The van der Waals surface area contributed by atoms with Gasteiger partial charge in [0.05, 0.1) is 64.0 Å². The molecule has 3 aromatic rings. The molecular formula is C36H49BN6O6+2. The Hall–Kier alpha value is -4.51. The Bertz CT molecular complexity index is 1670. The van der Waals surface area contributed by atoms with E-state index in [1.54, 1.807) is 36.5 Å². The molecule has 2 fully saturated rings. The van der Waals surface area contributed by atoms with E-state index in [9.17, 15) is 24.4 Å². The van der Waals surface area contributed by atoms with Crippen molar-refractivity contribution in [3.8, 4) is 12.3 Å². The molecule has 49 heavy (non-hydrogen) atoms. The van der Waals surface area contributed by atoms with Gasteiger partial charge in [0.2, 0.25) is 5.91 Å². The van der Waals surface area contributed by atoms with Gasteiger partial charge < -0.3 is 34.4 Å². The first-order valence-corrected chi connectivity index (χ1v) is 16.7. The van der Waals surface area contributed by atoms with Gasteiger partial charge in [-0.15, -0.1) is 0 Å². The topological polar surface area (TPSA) is 137 Å². The molecule has 2 aromatic carbocycles. The van der Waals surface area contributed by atoms with E-state index in [-0.39, 0.29) is 35.7 Å². The number of nitrogens with one attached hydrogen (secondary N) is 1. The number of piperazine rings is 1. The highest BCUT2D eigenvalue weighted by Gasteiger charge is 2.37. The number of nitrogens with zero attached hydrogens (tertiary/aromatic N) is 5. The first-order chi connectivity index (χ1) is 23.3. The molecular weight excluding hydrogens is 623 g/mol. The van der Waals surface area contributed by atoms with Crippen molar-refractivity contribution in [2.24, 2.45) is 5.41 Å². The normalized spacial score (nSPS) is 17.8. The Morgan fingerprint density at radius 1 is 1.12 bits per heavy atom. The van der Waals surface area contributed by atoms with Crippen LogP contribution in [0, 0.1) is 12.0 Å². The summed E-state index contributed by atoms with van der Waals surface area (Å²) in [5, 5.41) is 22.1. The number of amides is 3. The zero-order valence-electron chi connectivity index (χ0n) is 29.3. The van der Waals surface area contributed by atoms with Gasteiger partial charge in [0.1, 0.15) is 5.75 Å². The lowest BCUT2D eigenvalue weighted by molar-refractivity contribution is -0.913. The van der Waals surface area contributed by atoms with Crippen LogP contribution in [0.1, 0.15) is 54.3 Å². The van der Waals surface area contributed by atoms with Crippen LogP contribution in [0.3, 0.4) is 0 Å². The maximum Gasteiger partial charge on any atom is 0.488 e. The van der Waals surface area contributed by atoms with Crippen LogP contribution in [0.4, 0.5) is 0 Å². The number of quaternary nitrogens is 1. The zero-order valence-corrected chi connectivity index (χ0v) is 29.3. The average molecular weight is 673 g/mol. The number of carbonyl (C=O) groups is 3. The summed E-state index contributed by atoms with van der Waals surface area (Å²) < 4.78 is 6.93. The predicted octanol–water partition coefficient (Wildman–Crippen LogP) is 2.24. The highest BCUT2D eigenvalue weighted by molar-refractivity contribution is 6.58. The smallest absolute Gasteiger partial charge is 0.488 e. The lowest BCUT2D eigenvalue weighted by atomic mass is 9.80. The fraction of sp³-hybridized carbons (Fsp3) is 0.472. The lowest BCUT2D eigenvalue weighted by Gasteiger charge is -2.42. The van der Waals surface area contributed by atoms with E-state index in [2.05, 4.69) is 42.6 Å². The largest absolute Gasteiger partial charge is 0.493 e. The van der Waals surface area contributed by atoms with Crippen molar-refractivity contribution in [3.63, 3.8) is 0 Å². The van der Waals surface area contributed by atoms with E-state index in [1.807, 2.05) is 34.9 Å². The number of likely N-dealkylation sites (N-methyl/N-ethyl adjacent to an activating group) is 1. The third-order valence-corrected chi connectivity index (χ3v) is 9.33. The van der Waals surface area contributed by atoms with Gasteiger partial charge in [-0.05, 0) is 60.6 Å². The van der Waals surface area contributed by atoms with Gasteiger partial charge in [0, 0.05) is 36.2 Å². The fourth-order valence-electron chi connectivity index (χ4n) is 6.68. The molecule has 1 atom stereocenters. The number of hydrogen-bond donors (Lipinski definition) is 3. The SMILES string of the molecule is C#[N+]C.CC1CC(C)(C)CN1C(=O)CNC(=O)c1ccnc2ccc(OCCC[N+]3(C)CCN(C(=O)c4ccc(B(O)O)cc4)CC3)cc12. The number of likely N-dealkylation sites (tertiary alicyclic amines) is 1. The van der Waals surface area contributed by atoms with Crippen LogP contribution in [0.15, 0.2) is 54.7 Å². The monoisotopic (exact) mass is 672 g/mol. The van der Waals surface area contributed by atoms with Crippen LogP contribution < -0.4 is 15.5 Å². The molecule has 2 aliphatic heterocycles. The summed E-state index contributed by atoms with van der Waals surface area (Å²) in [4.78, 5) is 50.1. The number of pyridine rings is 1. The van der Waals surface area contributed by atoms with Crippen molar-refractivity contribution in [3.05, 3.63) is 70.7 Å². The zero-order chi connectivity index (χ0) is 35.8. The molecule has 3 amide bonds. The van der Waals surface area contributed by atoms with Crippen molar-refractivity contribution < 1.29 is 33.7 Å². The molecule has 0 spiro atoms. The van der Waals surface area contributed by atoms with E-state index < -0.39 is 7.12 Å². The van der Waals surface area contributed by atoms with Gasteiger partial charge in [0.25, 0.3) is 25.4 Å². The number of hydrogen-bond acceptors (Lipinski definition) is 7. The number of fused-ring (bicyclic) bond motifs is 1. The highest BCUT2D eigenvalue weighted by Crippen LogP contribution is 2.33. The van der Waals surface area contributed by atoms with Crippen LogP contribution in [0.2, 0.25) is 0 Å². The fourth-order valence-corrected chi connectivity index (χ4v) is 6.68. The molecule has 12 nitrogen and oxygen atoms in total. The average Bonchev–Trinajstić information content (AvgIpc) is 3.37. The summed E-state index contributed by atoms with van der Waals surface area (Å²) in [6.45, 7) is 15.8. The van der Waals surface area contributed by atoms with Crippen molar-refractivity contribution in [2.75, 3.05) is 66.5 Å². The molecule has 1 aromatic heterocycles. The molecule has 0 saturated carbocycles. The standard InChI is InChI=1S/C34H44BN5O6.C2H4N/c1-24-21-34(2,3)23-39(24)31(41)22-37-32(42)28-12-13-36-30-11-10-27(20-29(28)30)46-19-5-16-40(4)17-14-38(15-18-40)33(43)25-6-8-26(9-7-25)35(44)45;1-3-2/h6-13,20,24,44-45H,5,14-19,21-23H2,1-4H3;1H,2H3/q;+1/p+1. The second kappa shape index (κ2) is 16.3. The number of carbonyl (C=O) groups excluding carboxylic acids is 3. The second-order valence-electron chi connectivity index (χ2n) is 14.0. The summed E-state index contributed by atoms with van der Waals surface area (Å²) in [6, 6.07) is 13.7. The van der Waals surface area contributed by atoms with Crippen molar-refractivity contribution in [2.45, 2.75) is 39.7 Å². The van der Waals surface area contributed by atoms with Crippen LogP contribution >= 0.6 is 0 Å². The van der Waals surface area contributed by atoms with Crippen LogP contribution in [-0.4, -0.2) is 127 Å². The number of rotatable bonds is 10. The first kappa shape index (κ1) is 37.3. The second-order valence-corrected chi connectivity index (χ2v) is 14.0. The third kappa shape index (κ3) is 9.78. The summed E-state index contributed by atoms with van der Waals surface area (Å²) in [5.74, 6) is 0.203. The highest BCUT2D eigenvalue weighted by atomic mass is 16.5. The quantitative estimate of drug-likeness (QED) is 0.171. The minimum Gasteiger partial charge on any atom is -0.493 e. The molecule has 260 valence electrons. The lowest BCUT2D eigenvalue weighted by Crippen LogP contribution is -2.58. The third-order valence-electron chi connectivity index (χ3n) is 9.33. The molecule has 1 unspecified atom stereocenters. The summed E-state index contributed by atoms with van der Waals surface area (Å²) >= 11 is 0. The van der Waals surface area contributed by atoms with Gasteiger partial charge in [0.15, 0.2) is 0 Å². The Morgan fingerprint density at radius 2 is 1.80 bits per heavy atom. The van der Waals surface area contributed by atoms with E-state index in [4.69, 9.17) is 4.74 Å². The predicted molar refractivity (Wildman–Crippen MR) is 191 cm³/mol. The number of ether oxygens (including phenoxy) is 1. The number of aromatic nitrogens is 1. The van der Waals surface area contributed by atoms with E-state index in [1.165, 1.54) is 7.05 Å². The molecule has 3 heterocycles. The van der Waals surface area contributed by atoms with Gasteiger partial charge in [-0.25, -0.2) is 0 Å². The molecule has 3 N–H and O–H groups in total. The Labute approximate surface area is 289 Å². The minimum absolute atomic E-state index is 0.0507. The Balaban J connectivity index is 0.00000174. The van der Waals surface area contributed by atoms with Crippen molar-refractivity contribution in [1.29, 1.82) is 0 Å². The van der Waals surface area contributed by atoms with Gasteiger partial charge in [-0.2, -0.15) is 0 Å². The molecule has 0 bridgehead atoms. The molecule has 2 saturated heterocycles. The molecule has 0 radical (unpaired) electrons. The molecule has 13 heteroatoms. The Morgan fingerprint density at radius 3 is 2.41 bits per heavy atom. The van der Waals surface area contributed by atoms with Crippen LogP contribution in [-0.2, 0) is 4.79 Å². The maximum absolute atomic E-state index is 13.2. The van der Waals surface area contributed by atoms with Gasteiger partial charge >= 0.3 is 7.12 Å². The minimum atomic E-state index is -1.55. The van der Waals surface area contributed by atoms with Crippen molar-refractivity contribution in [1.82, 2.24) is 20.1 Å². The summed E-state index contributed by atoms with van der Waals surface area (Å²) in [6.07, 6.45) is 3.36. The van der Waals surface area contributed by atoms with Gasteiger partial charge in [-0.3, -0.25) is 19.4 Å². The first-order valence-electron chi connectivity index (χ1n) is 16.7. The number of benzene rings is 2. The molecule has 0 aliphatic carbocycles. The van der Waals surface area contributed by atoms with Crippen molar-refractivity contribution >= 4 is 41.2 Å².